The van der Waals surface area contributed by atoms with Gasteiger partial charge in [-0.05, 0) is 50.9 Å². The summed E-state index contributed by atoms with van der Waals surface area (Å²) in [6, 6.07) is 4.54. The van der Waals surface area contributed by atoms with Gasteiger partial charge in [-0.3, -0.25) is 0 Å². The molecule has 0 aliphatic rings. The molecule has 1 atom stereocenters. The lowest BCUT2D eigenvalue weighted by Gasteiger charge is -2.11. The van der Waals surface area contributed by atoms with Gasteiger partial charge in [0, 0.05) is 17.8 Å². The number of thiazole rings is 1. The lowest BCUT2D eigenvalue weighted by molar-refractivity contribution is 0.540. The maximum Gasteiger partial charge on any atom is 0.187 e. The molecule has 0 fully saturated rings. The lowest BCUT2D eigenvalue weighted by atomic mass is 10.1. The number of hydrogen-bond acceptors (Lipinski definition) is 4. The van der Waals surface area contributed by atoms with Crippen molar-refractivity contribution in [1.82, 2.24) is 10.3 Å². The number of rotatable bonds is 7. The molecule has 0 spiro atoms. The van der Waals surface area contributed by atoms with Crippen molar-refractivity contribution < 1.29 is 0 Å². The van der Waals surface area contributed by atoms with E-state index in [2.05, 4.69) is 54.8 Å². The van der Waals surface area contributed by atoms with Crippen LogP contribution in [0.3, 0.4) is 0 Å². The Kier molecular flexibility index (Phi) is 6.24. The van der Waals surface area contributed by atoms with Gasteiger partial charge in [0.05, 0.1) is 16.4 Å². The largest absolute Gasteiger partial charge is 0.330 e. The summed E-state index contributed by atoms with van der Waals surface area (Å²) in [4.78, 5) is 4.67. The Bertz CT molecular complexity index is 601. The highest BCUT2D eigenvalue weighted by Crippen LogP contribution is 2.31. The molecule has 0 radical (unpaired) electrons. The van der Waals surface area contributed by atoms with Crippen LogP contribution in [0.2, 0.25) is 5.02 Å². The average Bonchev–Trinajstić information content (AvgIpc) is 2.88. The SMILES string of the molecule is CCCNC(C)Cc1csc(Nc2c(C)cc(C)cc2Cl)n1. The standard InChI is InChI=1S/C17H24ClN3S/c1-5-6-19-13(4)9-14-10-22-17(20-14)21-16-12(3)7-11(2)8-15(16)18/h7-8,10,13,19H,5-6,9H2,1-4H3,(H,20,21). The minimum atomic E-state index is 0.444. The summed E-state index contributed by atoms with van der Waals surface area (Å²) < 4.78 is 0. The van der Waals surface area contributed by atoms with Gasteiger partial charge in [-0.25, -0.2) is 4.98 Å². The Morgan fingerprint density at radius 1 is 1.32 bits per heavy atom. The van der Waals surface area contributed by atoms with E-state index in [1.165, 1.54) is 5.56 Å². The molecule has 2 N–H and O–H groups in total. The van der Waals surface area contributed by atoms with Crippen molar-refractivity contribution in [2.45, 2.75) is 46.6 Å². The first kappa shape index (κ1) is 17.3. The van der Waals surface area contributed by atoms with Gasteiger partial charge < -0.3 is 10.6 Å². The summed E-state index contributed by atoms with van der Waals surface area (Å²) in [6.45, 7) is 9.54. The topological polar surface area (TPSA) is 37.0 Å². The maximum atomic E-state index is 6.34. The van der Waals surface area contributed by atoms with Gasteiger partial charge in [0.15, 0.2) is 5.13 Å². The first-order valence-corrected chi connectivity index (χ1v) is 8.97. The molecule has 0 saturated heterocycles. The zero-order valence-corrected chi connectivity index (χ0v) is 15.2. The van der Waals surface area contributed by atoms with E-state index < -0.39 is 0 Å². The van der Waals surface area contributed by atoms with Crippen LogP contribution in [0, 0.1) is 13.8 Å². The quantitative estimate of drug-likeness (QED) is 0.739. The summed E-state index contributed by atoms with van der Waals surface area (Å²) in [5, 5.41) is 10.6. The maximum absolute atomic E-state index is 6.34. The molecule has 1 aromatic carbocycles. The smallest absolute Gasteiger partial charge is 0.187 e. The van der Waals surface area contributed by atoms with Crippen molar-refractivity contribution in [3.8, 4) is 0 Å². The lowest BCUT2D eigenvalue weighted by Crippen LogP contribution is -2.28. The van der Waals surface area contributed by atoms with E-state index in [9.17, 15) is 0 Å². The van der Waals surface area contributed by atoms with Crippen LogP contribution in [0.5, 0.6) is 0 Å². The monoisotopic (exact) mass is 337 g/mol. The predicted molar refractivity (Wildman–Crippen MR) is 97.8 cm³/mol. The average molecular weight is 338 g/mol. The molecule has 3 nitrogen and oxygen atoms in total. The molecule has 5 heteroatoms. The highest BCUT2D eigenvalue weighted by atomic mass is 35.5. The number of benzene rings is 1. The number of anilines is 2. The van der Waals surface area contributed by atoms with Crippen molar-refractivity contribution >= 4 is 33.8 Å². The van der Waals surface area contributed by atoms with E-state index in [0.29, 0.717) is 6.04 Å². The number of halogens is 1. The third-order valence-electron chi connectivity index (χ3n) is 3.47. The minimum Gasteiger partial charge on any atom is -0.330 e. The van der Waals surface area contributed by atoms with Crippen LogP contribution in [0.25, 0.3) is 0 Å². The zero-order chi connectivity index (χ0) is 16.1. The Hall–Kier alpha value is -1.10. The second kappa shape index (κ2) is 7.95. The molecule has 0 aliphatic carbocycles. The van der Waals surface area contributed by atoms with Gasteiger partial charge in [0.2, 0.25) is 0 Å². The summed E-state index contributed by atoms with van der Waals surface area (Å²) in [6.07, 6.45) is 2.10. The molecule has 1 unspecified atom stereocenters. The number of aryl methyl sites for hydroxylation is 2. The van der Waals surface area contributed by atoms with E-state index >= 15 is 0 Å². The molecule has 0 amide bonds. The number of nitrogens with zero attached hydrogens (tertiary/aromatic N) is 1. The second-order valence-electron chi connectivity index (χ2n) is 5.77. The highest BCUT2D eigenvalue weighted by Gasteiger charge is 2.10. The first-order valence-electron chi connectivity index (χ1n) is 7.71. The van der Waals surface area contributed by atoms with Gasteiger partial charge in [-0.2, -0.15) is 0 Å². The van der Waals surface area contributed by atoms with Crippen molar-refractivity contribution in [3.05, 3.63) is 39.4 Å². The molecule has 0 bridgehead atoms. The Labute approximate surface area is 142 Å². The fourth-order valence-electron chi connectivity index (χ4n) is 2.42. The number of nitrogens with one attached hydrogen (secondary N) is 2. The van der Waals surface area contributed by atoms with Crippen molar-refractivity contribution in [1.29, 1.82) is 0 Å². The second-order valence-corrected chi connectivity index (χ2v) is 7.03. The van der Waals surface area contributed by atoms with Crippen LogP contribution >= 0.6 is 22.9 Å². The van der Waals surface area contributed by atoms with E-state index in [0.717, 1.165) is 46.5 Å². The number of hydrogen-bond donors (Lipinski definition) is 2. The van der Waals surface area contributed by atoms with Crippen LogP contribution in [-0.4, -0.2) is 17.6 Å². The fourth-order valence-corrected chi connectivity index (χ4v) is 3.51. The third kappa shape index (κ3) is 4.70. The van der Waals surface area contributed by atoms with Crippen LogP contribution < -0.4 is 10.6 Å². The van der Waals surface area contributed by atoms with Gasteiger partial charge in [0.1, 0.15) is 0 Å². The fraction of sp³-hybridized carbons (Fsp3) is 0.471. The van der Waals surface area contributed by atoms with Gasteiger partial charge >= 0.3 is 0 Å². The summed E-state index contributed by atoms with van der Waals surface area (Å²) in [7, 11) is 0. The van der Waals surface area contributed by atoms with E-state index in [4.69, 9.17) is 11.6 Å². The number of aromatic nitrogens is 1. The van der Waals surface area contributed by atoms with Gasteiger partial charge in [-0.15, -0.1) is 11.3 Å². The van der Waals surface area contributed by atoms with E-state index in [-0.39, 0.29) is 0 Å². The predicted octanol–water partition coefficient (Wildman–Crippen LogP) is 5.09. The van der Waals surface area contributed by atoms with Crippen LogP contribution in [-0.2, 0) is 6.42 Å². The molecule has 2 rings (SSSR count). The van der Waals surface area contributed by atoms with E-state index in [1.54, 1.807) is 11.3 Å². The molecule has 1 heterocycles. The molecular weight excluding hydrogens is 314 g/mol. The van der Waals surface area contributed by atoms with Crippen molar-refractivity contribution in [2.75, 3.05) is 11.9 Å². The zero-order valence-electron chi connectivity index (χ0n) is 13.7. The third-order valence-corrected chi connectivity index (χ3v) is 4.58. The van der Waals surface area contributed by atoms with Gasteiger partial charge in [0.25, 0.3) is 0 Å². The molecule has 2 aromatic rings. The Balaban J connectivity index is 2.03. The summed E-state index contributed by atoms with van der Waals surface area (Å²) >= 11 is 7.96. The first-order chi connectivity index (χ1) is 10.5. The summed E-state index contributed by atoms with van der Waals surface area (Å²) in [5.74, 6) is 0. The molecule has 120 valence electrons. The van der Waals surface area contributed by atoms with Crippen molar-refractivity contribution in [2.24, 2.45) is 0 Å². The van der Waals surface area contributed by atoms with Crippen molar-refractivity contribution in [3.63, 3.8) is 0 Å². The molecule has 22 heavy (non-hydrogen) atoms. The highest BCUT2D eigenvalue weighted by molar-refractivity contribution is 7.13. The van der Waals surface area contributed by atoms with Gasteiger partial charge in [-0.1, -0.05) is 24.6 Å². The Morgan fingerprint density at radius 3 is 2.77 bits per heavy atom. The molecule has 0 aliphatic heterocycles. The molecular formula is C17H24ClN3S. The van der Waals surface area contributed by atoms with Crippen LogP contribution in [0.15, 0.2) is 17.5 Å². The van der Waals surface area contributed by atoms with E-state index in [1.807, 2.05) is 6.07 Å². The summed E-state index contributed by atoms with van der Waals surface area (Å²) in [5.41, 5.74) is 4.37. The van der Waals surface area contributed by atoms with Crippen LogP contribution in [0.1, 0.15) is 37.1 Å². The Morgan fingerprint density at radius 2 is 2.09 bits per heavy atom. The minimum absolute atomic E-state index is 0.444. The van der Waals surface area contributed by atoms with Crippen LogP contribution in [0.4, 0.5) is 10.8 Å². The molecule has 1 aromatic heterocycles. The normalized spacial score (nSPS) is 12.4. The molecule has 0 saturated carbocycles.